The van der Waals surface area contributed by atoms with Crippen LogP contribution in [0.1, 0.15) is 5.56 Å². The smallest absolute Gasteiger partial charge is 0.0934 e. The van der Waals surface area contributed by atoms with E-state index in [0.29, 0.717) is 6.54 Å². The van der Waals surface area contributed by atoms with E-state index >= 15 is 0 Å². The van der Waals surface area contributed by atoms with E-state index in [0.717, 1.165) is 36.1 Å². The van der Waals surface area contributed by atoms with E-state index in [1.807, 2.05) is 36.5 Å². The quantitative estimate of drug-likeness (QED) is 0.553. The average molecular weight is 427 g/mol. The molecule has 1 N–H and O–H groups in total. The number of anilines is 1. The minimum atomic E-state index is 0.715. The fourth-order valence-corrected chi connectivity index (χ4v) is 3.02. The zero-order chi connectivity index (χ0) is 14.8. The summed E-state index contributed by atoms with van der Waals surface area (Å²) in [5, 5.41) is 5.25. The van der Waals surface area contributed by atoms with Gasteiger partial charge < -0.3 is 5.32 Å². The maximum absolute atomic E-state index is 6.01. The molecule has 1 heterocycles. The van der Waals surface area contributed by atoms with Crippen LogP contribution in [-0.4, -0.2) is 4.98 Å². The first-order chi connectivity index (χ1) is 10.1. The molecule has 21 heavy (non-hydrogen) atoms. The lowest BCUT2D eigenvalue weighted by molar-refractivity contribution is 1.15. The predicted octanol–water partition coefficient (Wildman–Crippen LogP) is 6.03. The molecule has 0 saturated heterocycles. The van der Waals surface area contributed by atoms with Gasteiger partial charge in [-0.25, -0.2) is 0 Å². The van der Waals surface area contributed by atoms with Crippen LogP contribution in [0.4, 0.5) is 5.69 Å². The third kappa shape index (κ3) is 3.39. The summed E-state index contributed by atoms with van der Waals surface area (Å²) in [6.45, 7) is 0.715. The van der Waals surface area contributed by atoms with Gasteiger partial charge in [-0.15, -0.1) is 0 Å². The van der Waals surface area contributed by atoms with E-state index in [9.17, 15) is 0 Å². The first-order valence-corrected chi connectivity index (χ1v) is 8.32. The standard InChI is InChI=1S/C16H11Br2ClN2/c17-12-7-11-2-1-3-15(16(11)21-9-12)20-8-10-4-5-14(19)13(18)6-10/h1-7,9,20H,8H2. The lowest BCUT2D eigenvalue weighted by atomic mass is 10.1. The number of halogens is 3. The third-order valence-electron chi connectivity index (χ3n) is 3.14. The van der Waals surface area contributed by atoms with Gasteiger partial charge in [0.25, 0.3) is 0 Å². The van der Waals surface area contributed by atoms with Crippen molar-refractivity contribution in [2.24, 2.45) is 0 Å². The number of aromatic nitrogens is 1. The van der Waals surface area contributed by atoms with Crippen LogP contribution in [0, 0.1) is 0 Å². The van der Waals surface area contributed by atoms with E-state index < -0.39 is 0 Å². The van der Waals surface area contributed by atoms with Crippen LogP contribution in [0.5, 0.6) is 0 Å². The van der Waals surface area contributed by atoms with E-state index in [-0.39, 0.29) is 0 Å². The van der Waals surface area contributed by atoms with Gasteiger partial charge in [0.2, 0.25) is 0 Å². The Morgan fingerprint density at radius 1 is 1.10 bits per heavy atom. The van der Waals surface area contributed by atoms with Crippen LogP contribution >= 0.6 is 43.5 Å². The van der Waals surface area contributed by atoms with Gasteiger partial charge in [-0.2, -0.15) is 0 Å². The van der Waals surface area contributed by atoms with Gasteiger partial charge in [0.15, 0.2) is 0 Å². The Bertz CT molecular complexity index is 805. The number of rotatable bonds is 3. The summed E-state index contributed by atoms with van der Waals surface area (Å²) < 4.78 is 1.89. The number of fused-ring (bicyclic) bond motifs is 1. The molecular formula is C16H11Br2ClN2. The molecule has 0 aliphatic heterocycles. The highest BCUT2D eigenvalue weighted by atomic mass is 79.9. The summed E-state index contributed by atoms with van der Waals surface area (Å²) in [5.41, 5.74) is 3.14. The summed E-state index contributed by atoms with van der Waals surface area (Å²) in [4.78, 5) is 4.48. The van der Waals surface area contributed by atoms with Gasteiger partial charge in [0, 0.05) is 27.1 Å². The van der Waals surface area contributed by atoms with Gasteiger partial charge >= 0.3 is 0 Å². The Morgan fingerprint density at radius 3 is 2.76 bits per heavy atom. The zero-order valence-corrected chi connectivity index (χ0v) is 14.8. The second-order valence-electron chi connectivity index (χ2n) is 4.63. The summed E-state index contributed by atoms with van der Waals surface area (Å²) in [5.74, 6) is 0. The largest absolute Gasteiger partial charge is 0.379 e. The van der Waals surface area contributed by atoms with Crippen molar-refractivity contribution in [3.63, 3.8) is 0 Å². The number of hydrogen-bond acceptors (Lipinski definition) is 2. The molecule has 0 unspecified atom stereocenters. The van der Waals surface area contributed by atoms with E-state index in [4.69, 9.17) is 11.6 Å². The van der Waals surface area contributed by atoms with Crippen LogP contribution in [0.2, 0.25) is 5.02 Å². The van der Waals surface area contributed by atoms with Gasteiger partial charge in [0.05, 0.1) is 16.2 Å². The van der Waals surface area contributed by atoms with Crippen LogP contribution < -0.4 is 5.32 Å². The Hall–Kier alpha value is -1.10. The second kappa shape index (κ2) is 6.34. The fraction of sp³-hybridized carbons (Fsp3) is 0.0625. The maximum Gasteiger partial charge on any atom is 0.0934 e. The average Bonchev–Trinajstić information content (AvgIpc) is 2.48. The lowest BCUT2D eigenvalue weighted by Gasteiger charge is -2.10. The molecule has 0 aliphatic rings. The third-order valence-corrected chi connectivity index (χ3v) is 4.79. The second-order valence-corrected chi connectivity index (χ2v) is 6.81. The molecule has 2 nitrogen and oxygen atoms in total. The molecular weight excluding hydrogens is 415 g/mol. The molecule has 3 rings (SSSR count). The molecule has 2 aromatic carbocycles. The SMILES string of the molecule is Clc1ccc(CNc2cccc3cc(Br)cnc23)cc1Br. The number of pyridine rings is 1. The first-order valence-electron chi connectivity index (χ1n) is 6.35. The highest BCUT2D eigenvalue weighted by Crippen LogP contribution is 2.26. The molecule has 0 fully saturated rings. The van der Waals surface area contributed by atoms with Gasteiger partial charge in [-0.05, 0) is 61.7 Å². The van der Waals surface area contributed by atoms with Crippen LogP contribution in [-0.2, 0) is 6.54 Å². The van der Waals surface area contributed by atoms with Crippen LogP contribution in [0.3, 0.4) is 0 Å². The fourth-order valence-electron chi connectivity index (χ4n) is 2.12. The Kier molecular flexibility index (Phi) is 4.48. The monoisotopic (exact) mass is 424 g/mol. The van der Waals surface area contributed by atoms with E-state index in [1.54, 1.807) is 0 Å². The Morgan fingerprint density at radius 2 is 1.95 bits per heavy atom. The minimum absolute atomic E-state index is 0.715. The molecule has 0 radical (unpaired) electrons. The number of nitrogens with one attached hydrogen (secondary N) is 1. The number of para-hydroxylation sites is 1. The molecule has 0 bridgehead atoms. The van der Waals surface area contributed by atoms with Crippen LogP contribution in [0.25, 0.3) is 10.9 Å². The van der Waals surface area contributed by atoms with E-state index in [2.05, 4.69) is 54.3 Å². The number of nitrogens with zero attached hydrogens (tertiary/aromatic N) is 1. The number of benzene rings is 2. The summed E-state index contributed by atoms with van der Waals surface area (Å²) in [6.07, 6.45) is 1.81. The summed E-state index contributed by atoms with van der Waals surface area (Å²) >= 11 is 12.9. The normalized spacial score (nSPS) is 10.8. The van der Waals surface area contributed by atoms with Gasteiger partial charge in [0.1, 0.15) is 0 Å². The Balaban J connectivity index is 1.86. The molecule has 5 heteroatoms. The lowest BCUT2D eigenvalue weighted by Crippen LogP contribution is -2.00. The van der Waals surface area contributed by atoms with Crippen molar-refractivity contribution < 1.29 is 0 Å². The zero-order valence-electron chi connectivity index (χ0n) is 10.9. The van der Waals surface area contributed by atoms with Crippen molar-refractivity contribution in [2.45, 2.75) is 6.54 Å². The topological polar surface area (TPSA) is 24.9 Å². The van der Waals surface area contributed by atoms with Crippen LogP contribution in [0.15, 0.2) is 57.6 Å². The first kappa shape index (κ1) is 14.8. The number of hydrogen-bond donors (Lipinski definition) is 1. The Labute approximate surface area is 144 Å². The van der Waals surface area contributed by atoms with Crippen molar-refractivity contribution in [1.82, 2.24) is 4.98 Å². The van der Waals surface area contributed by atoms with E-state index in [1.165, 1.54) is 0 Å². The van der Waals surface area contributed by atoms with Crippen molar-refractivity contribution >= 4 is 60.1 Å². The molecule has 3 aromatic rings. The van der Waals surface area contributed by atoms with Crippen molar-refractivity contribution in [3.8, 4) is 0 Å². The van der Waals surface area contributed by atoms with Crippen molar-refractivity contribution in [3.05, 3.63) is 68.2 Å². The molecule has 0 atom stereocenters. The van der Waals surface area contributed by atoms with Crippen molar-refractivity contribution in [1.29, 1.82) is 0 Å². The molecule has 0 spiro atoms. The predicted molar refractivity (Wildman–Crippen MR) is 95.9 cm³/mol. The van der Waals surface area contributed by atoms with Gasteiger partial charge in [-0.3, -0.25) is 4.98 Å². The summed E-state index contributed by atoms with van der Waals surface area (Å²) in [6, 6.07) is 14.1. The van der Waals surface area contributed by atoms with Crippen molar-refractivity contribution in [2.75, 3.05) is 5.32 Å². The summed E-state index contributed by atoms with van der Waals surface area (Å²) in [7, 11) is 0. The minimum Gasteiger partial charge on any atom is -0.379 e. The maximum atomic E-state index is 6.01. The molecule has 0 aliphatic carbocycles. The molecule has 106 valence electrons. The molecule has 0 saturated carbocycles. The molecule has 0 amide bonds. The molecule has 1 aromatic heterocycles. The highest BCUT2D eigenvalue weighted by Gasteiger charge is 2.04. The van der Waals surface area contributed by atoms with Gasteiger partial charge in [-0.1, -0.05) is 29.8 Å². The highest BCUT2D eigenvalue weighted by molar-refractivity contribution is 9.10.